The van der Waals surface area contributed by atoms with E-state index >= 15 is 0 Å². The molecule has 0 bridgehead atoms. The van der Waals surface area contributed by atoms with Gasteiger partial charge in [-0.25, -0.2) is 0 Å². The average Bonchev–Trinajstić information content (AvgIpc) is 3.30. The van der Waals surface area contributed by atoms with E-state index in [1.807, 2.05) is 0 Å². The predicted octanol–water partition coefficient (Wildman–Crippen LogP) is 4.82. The first-order valence-corrected chi connectivity index (χ1v) is 13.2. The lowest BCUT2D eigenvalue weighted by atomic mass is 10.1. The van der Waals surface area contributed by atoms with Crippen LogP contribution in [0.15, 0.2) is 60.7 Å². The van der Waals surface area contributed by atoms with Crippen LogP contribution in [0.5, 0.6) is 0 Å². The van der Waals surface area contributed by atoms with Crippen molar-refractivity contribution in [2.75, 3.05) is 19.8 Å². The summed E-state index contributed by atoms with van der Waals surface area (Å²) in [5, 5.41) is 2.35. The molecule has 1 unspecified atom stereocenters. The van der Waals surface area contributed by atoms with E-state index in [-0.39, 0.29) is 6.10 Å². The number of ether oxygens (including phenoxy) is 1. The van der Waals surface area contributed by atoms with Gasteiger partial charge in [-0.3, -0.25) is 0 Å². The van der Waals surface area contributed by atoms with Gasteiger partial charge < -0.3 is 13.6 Å². The first kappa shape index (κ1) is 22.2. The standard InChI is InChI=1S/C25H36O3Si/c1-2-3-4-5-6-13-21-27-29(24-16-9-7-10-17-24,25-18-11-8-12-19-25)28-22-23-15-14-20-26-23/h7-12,16-19,23H,2-6,13-15,20-22H2,1H3. The van der Waals surface area contributed by atoms with Crippen molar-refractivity contribution in [1.82, 2.24) is 0 Å². The second-order valence-electron chi connectivity index (χ2n) is 7.91. The van der Waals surface area contributed by atoms with Crippen molar-refractivity contribution in [2.24, 2.45) is 0 Å². The molecule has 1 aliphatic heterocycles. The van der Waals surface area contributed by atoms with Crippen molar-refractivity contribution in [3.8, 4) is 0 Å². The molecule has 0 radical (unpaired) electrons. The van der Waals surface area contributed by atoms with Crippen LogP contribution in [0.3, 0.4) is 0 Å². The Balaban J connectivity index is 1.75. The Morgan fingerprint density at radius 2 is 1.45 bits per heavy atom. The lowest BCUT2D eigenvalue weighted by Gasteiger charge is -2.32. The molecule has 0 aliphatic carbocycles. The quantitative estimate of drug-likeness (QED) is 0.349. The van der Waals surface area contributed by atoms with Crippen LogP contribution >= 0.6 is 0 Å². The van der Waals surface area contributed by atoms with E-state index < -0.39 is 8.56 Å². The minimum atomic E-state index is -2.77. The number of hydrogen-bond acceptors (Lipinski definition) is 3. The Morgan fingerprint density at radius 3 is 2.03 bits per heavy atom. The zero-order valence-corrected chi connectivity index (χ0v) is 18.9. The van der Waals surface area contributed by atoms with Gasteiger partial charge in [0, 0.05) is 13.2 Å². The zero-order chi connectivity index (χ0) is 20.2. The van der Waals surface area contributed by atoms with Gasteiger partial charge in [-0.05, 0) is 29.6 Å². The molecule has 1 fully saturated rings. The molecule has 1 saturated heterocycles. The fraction of sp³-hybridized carbons (Fsp3) is 0.520. The second kappa shape index (κ2) is 12.3. The molecular formula is C25H36O3Si. The molecule has 1 atom stereocenters. The van der Waals surface area contributed by atoms with E-state index in [0.29, 0.717) is 6.61 Å². The molecule has 0 spiro atoms. The second-order valence-corrected chi connectivity index (χ2v) is 10.9. The molecule has 4 heteroatoms. The smallest absolute Gasteiger partial charge is 0.388 e. The molecule has 158 valence electrons. The summed E-state index contributed by atoms with van der Waals surface area (Å²) < 4.78 is 19.3. The average molecular weight is 413 g/mol. The van der Waals surface area contributed by atoms with E-state index in [1.165, 1.54) is 42.5 Å². The lowest BCUT2D eigenvalue weighted by molar-refractivity contribution is 0.0535. The van der Waals surface area contributed by atoms with Crippen molar-refractivity contribution in [3.63, 3.8) is 0 Å². The largest absolute Gasteiger partial charge is 0.407 e. The molecule has 3 nitrogen and oxygen atoms in total. The van der Waals surface area contributed by atoms with Crippen LogP contribution in [0.25, 0.3) is 0 Å². The number of hydrogen-bond donors (Lipinski definition) is 0. The summed E-state index contributed by atoms with van der Waals surface area (Å²) in [5.74, 6) is 0. The molecule has 29 heavy (non-hydrogen) atoms. The third-order valence-corrected chi connectivity index (χ3v) is 8.98. The van der Waals surface area contributed by atoms with E-state index in [1.54, 1.807) is 0 Å². The highest BCUT2D eigenvalue weighted by atomic mass is 28.4. The van der Waals surface area contributed by atoms with Crippen LogP contribution in [-0.2, 0) is 13.6 Å². The summed E-state index contributed by atoms with van der Waals surface area (Å²) in [6, 6.07) is 21.1. The monoisotopic (exact) mass is 412 g/mol. The molecule has 1 aliphatic rings. The van der Waals surface area contributed by atoms with Gasteiger partial charge in [-0.15, -0.1) is 0 Å². The number of unbranched alkanes of at least 4 members (excludes halogenated alkanes) is 5. The van der Waals surface area contributed by atoms with Gasteiger partial charge in [0.25, 0.3) is 0 Å². The summed E-state index contributed by atoms with van der Waals surface area (Å²) in [6.45, 7) is 4.45. The zero-order valence-electron chi connectivity index (χ0n) is 17.9. The highest BCUT2D eigenvalue weighted by Gasteiger charge is 2.43. The maximum Gasteiger partial charge on any atom is 0.407 e. The minimum Gasteiger partial charge on any atom is -0.388 e. The summed E-state index contributed by atoms with van der Waals surface area (Å²) in [7, 11) is -2.77. The van der Waals surface area contributed by atoms with Crippen molar-refractivity contribution in [1.29, 1.82) is 0 Å². The molecule has 3 rings (SSSR count). The maximum absolute atomic E-state index is 6.73. The molecule has 0 aromatic heterocycles. The Kier molecular flexibility index (Phi) is 9.41. The van der Waals surface area contributed by atoms with Gasteiger partial charge in [0.15, 0.2) is 0 Å². The van der Waals surface area contributed by atoms with Crippen LogP contribution < -0.4 is 10.4 Å². The Morgan fingerprint density at radius 1 is 0.828 bits per heavy atom. The highest BCUT2D eigenvalue weighted by Crippen LogP contribution is 2.17. The maximum atomic E-state index is 6.73. The Bertz CT molecular complexity index is 631. The molecule has 2 aromatic carbocycles. The highest BCUT2D eigenvalue weighted by molar-refractivity contribution is 6.92. The van der Waals surface area contributed by atoms with Crippen LogP contribution in [0, 0.1) is 0 Å². The molecule has 0 N–H and O–H groups in total. The van der Waals surface area contributed by atoms with Crippen molar-refractivity contribution < 1.29 is 13.6 Å². The number of benzene rings is 2. The summed E-state index contributed by atoms with van der Waals surface area (Å²) in [6.07, 6.45) is 9.92. The third-order valence-electron chi connectivity index (χ3n) is 5.61. The number of rotatable bonds is 13. The summed E-state index contributed by atoms with van der Waals surface area (Å²) in [4.78, 5) is 0. The summed E-state index contributed by atoms with van der Waals surface area (Å²) >= 11 is 0. The van der Waals surface area contributed by atoms with Crippen molar-refractivity contribution in [2.45, 2.75) is 64.4 Å². The fourth-order valence-electron chi connectivity index (χ4n) is 3.94. The SMILES string of the molecule is CCCCCCCCO[Si](OCC1CCCO1)(c1ccccc1)c1ccccc1. The van der Waals surface area contributed by atoms with Gasteiger partial charge in [-0.1, -0.05) is 99.7 Å². The van der Waals surface area contributed by atoms with Gasteiger partial charge in [-0.2, -0.15) is 0 Å². The van der Waals surface area contributed by atoms with Crippen LogP contribution in [0.1, 0.15) is 58.3 Å². The minimum absolute atomic E-state index is 0.187. The van der Waals surface area contributed by atoms with E-state index in [2.05, 4.69) is 67.6 Å². The van der Waals surface area contributed by atoms with E-state index in [0.717, 1.165) is 32.5 Å². The van der Waals surface area contributed by atoms with Crippen LogP contribution in [-0.4, -0.2) is 34.5 Å². The van der Waals surface area contributed by atoms with Crippen LogP contribution in [0.4, 0.5) is 0 Å². The topological polar surface area (TPSA) is 27.7 Å². The Hall–Kier alpha value is -1.46. The van der Waals surface area contributed by atoms with Crippen LogP contribution in [0.2, 0.25) is 0 Å². The molecule has 0 saturated carbocycles. The van der Waals surface area contributed by atoms with Crippen molar-refractivity contribution in [3.05, 3.63) is 60.7 Å². The molecule has 1 heterocycles. The van der Waals surface area contributed by atoms with E-state index in [9.17, 15) is 0 Å². The van der Waals surface area contributed by atoms with Gasteiger partial charge >= 0.3 is 8.56 Å². The first-order chi connectivity index (χ1) is 14.3. The molecule has 2 aromatic rings. The summed E-state index contributed by atoms with van der Waals surface area (Å²) in [5.41, 5.74) is 0. The Labute approximate surface area is 177 Å². The van der Waals surface area contributed by atoms with E-state index in [4.69, 9.17) is 13.6 Å². The predicted molar refractivity (Wildman–Crippen MR) is 122 cm³/mol. The first-order valence-electron chi connectivity index (χ1n) is 11.4. The van der Waals surface area contributed by atoms with Gasteiger partial charge in [0.1, 0.15) is 0 Å². The molecule has 0 amide bonds. The normalized spacial score (nSPS) is 16.9. The third kappa shape index (κ3) is 6.51. The van der Waals surface area contributed by atoms with Gasteiger partial charge in [0.2, 0.25) is 0 Å². The van der Waals surface area contributed by atoms with Gasteiger partial charge in [0.05, 0.1) is 12.7 Å². The van der Waals surface area contributed by atoms with Crippen molar-refractivity contribution >= 4 is 18.9 Å². The molecular weight excluding hydrogens is 376 g/mol. The lowest BCUT2D eigenvalue weighted by Crippen LogP contribution is -2.64. The fourth-order valence-corrected chi connectivity index (χ4v) is 7.14.